The van der Waals surface area contributed by atoms with Gasteiger partial charge in [-0.3, -0.25) is 4.98 Å². The molecule has 0 aliphatic rings. The van der Waals surface area contributed by atoms with Crippen molar-refractivity contribution in [3.05, 3.63) is 90.9 Å². The molecule has 0 aliphatic carbocycles. The number of halogens is 1. The number of phenolic OH excluding ortho intramolecular Hbond substituents is 1. The fourth-order valence-electron chi connectivity index (χ4n) is 4.59. The summed E-state index contributed by atoms with van der Waals surface area (Å²) in [4.78, 5) is 12.8. The number of pyridine rings is 2. The number of phenols is 1. The van der Waals surface area contributed by atoms with Crippen molar-refractivity contribution in [2.45, 2.75) is 13.0 Å². The van der Waals surface area contributed by atoms with Crippen LogP contribution in [-0.2, 0) is 0 Å². The van der Waals surface area contributed by atoms with Crippen LogP contribution in [0.15, 0.2) is 79.5 Å². The molecule has 6 aromatic rings. The van der Waals surface area contributed by atoms with E-state index in [0.717, 1.165) is 28.4 Å². The highest BCUT2D eigenvalue weighted by atomic mass is 19.1. The first-order valence-corrected chi connectivity index (χ1v) is 11.0. The maximum atomic E-state index is 14.1. The Labute approximate surface area is 199 Å². The number of benzene rings is 1. The maximum Gasteiger partial charge on any atom is 0.164 e. The van der Waals surface area contributed by atoms with E-state index < -0.39 is 5.82 Å². The first-order valence-electron chi connectivity index (χ1n) is 11.0. The summed E-state index contributed by atoms with van der Waals surface area (Å²) < 4.78 is 18.0. The second-order valence-corrected chi connectivity index (χ2v) is 8.30. The minimum atomic E-state index is -0.579. The Hall–Kier alpha value is -4.79. The van der Waals surface area contributed by atoms with E-state index >= 15 is 0 Å². The van der Waals surface area contributed by atoms with E-state index in [9.17, 15) is 9.50 Å². The molecule has 1 atom stereocenters. The minimum absolute atomic E-state index is 0.204. The van der Waals surface area contributed by atoms with E-state index in [1.807, 2.05) is 43.5 Å². The Morgan fingerprint density at radius 3 is 2.63 bits per heavy atom. The molecule has 172 valence electrons. The zero-order valence-electron chi connectivity index (χ0n) is 18.7. The molecule has 3 N–H and O–H groups in total. The molecule has 1 aromatic carbocycles. The molecule has 8 nitrogen and oxygen atoms in total. The molecule has 0 aliphatic heterocycles. The van der Waals surface area contributed by atoms with Crippen LogP contribution in [0, 0.1) is 5.82 Å². The van der Waals surface area contributed by atoms with Crippen molar-refractivity contribution < 1.29 is 9.50 Å². The normalized spacial score (nSPS) is 12.4. The second-order valence-electron chi connectivity index (χ2n) is 8.30. The topological polar surface area (TPSA) is 107 Å². The predicted molar refractivity (Wildman–Crippen MR) is 131 cm³/mol. The van der Waals surface area contributed by atoms with Crippen molar-refractivity contribution >= 4 is 22.4 Å². The molecule has 0 radical (unpaired) electrons. The molecule has 0 saturated carbocycles. The molecule has 0 bridgehead atoms. The Morgan fingerprint density at radius 1 is 1.00 bits per heavy atom. The lowest BCUT2D eigenvalue weighted by Crippen LogP contribution is -2.10. The van der Waals surface area contributed by atoms with Crippen LogP contribution >= 0.6 is 0 Å². The van der Waals surface area contributed by atoms with E-state index in [0.29, 0.717) is 22.3 Å². The van der Waals surface area contributed by atoms with Crippen LogP contribution < -0.4 is 5.73 Å². The van der Waals surface area contributed by atoms with Gasteiger partial charge in [0.15, 0.2) is 5.65 Å². The molecule has 6 rings (SSSR count). The van der Waals surface area contributed by atoms with Gasteiger partial charge in [-0.2, -0.15) is 5.10 Å². The Balaban J connectivity index is 1.61. The number of hydrogen-bond donors (Lipinski definition) is 2. The Bertz CT molecular complexity index is 1690. The van der Waals surface area contributed by atoms with Crippen molar-refractivity contribution in [3.63, 3.8) is 0 Å². The van der Waals surface area contributed by atoms with Crippen molar-refractivity contribution in [3.8, 4) is 28.3 Å². The predicted octanol–water partition coefficient (Wildman–Crippen LogP) is 4.84. The molecule has 0 saturated heterocycles. The van der Waals surface area contributed by atoms with Gasteiger partial charge < -0.3 is 15.2 Å². The van der Waals surface area contributed by atoms with E-state index in [-0.39, 0.29) is 17.6 Å². The third kappa shape index (κ3) is 3.36. The van der Waals surface area contributed by atoms with Crippen LogP contribution in [0.3, 0.4) is 0 Å². The van der Waals surface area contributed by atoms with Gasteiger partial charge in [-0.05, 0) is 49.4 Å². The molecule has 5 aromatic heterocycles. The third-order valence-electron chi connectivity index (χ3n) is 6.15. The fourth-order valence-corrected chi connectivity index (χ4v) is 4.59. The minimum Gasteiger partial charge on any atom is -0.508 e. The van der Waals surface area contributed by atoms with Crippen LogP contribution in [0.4, 0.5) is 10.2 Å². The lowest BCUT2D eigenvalue weighted by molar-refractivity contribution is 0.469. The zero-order chi connectivity index (χ0) is 24.1. The average Bonchev–Trinajstić information content (AvgIpc) is 3.44. The lowest BCUT2D eigenvalue weighted by Gasteiger charge is -2.15. The lowest BCUT2D eigenvalue weighted by atomic mass is 10.0. The van der Waals surface area contributed by atoms with Gasteiger partial charge in [0.05, 0.1) is 17.1 Å². The number of aromatic hydroxyl groups is 1. The molecule has 0 spiro atoms. The standard InChI is InChI=1S/C26H20FN7O/c1-15(21-13-19-4-2-3-9-33(19)24(21)16-5-7-29-8-6-16)34-26-22(25(28)30-14-31-26)23(32-34)17-10-18(27)12-20(35)11-17/h2-15,35H,1H3,(H2,28,30,31)/t15-/m1/s1. The van der Waals surface area contributed by atoms with Gasteiger partial charge in [0.2, 0.25) is 0 Å². The largest absolute Gasteiger partial charge is 0.508 e. The molecule has 5 heterocycles. The summed E-state index contributed by atoms with van der Waals surface area (Å²) in [6, 6.07) is 15.6. The van der Waals surface area contributed by atoms with Crippen molar-refractivity contribution in [1.82, 2.24) is 29.1 Å². The van der Waals surface area contributed by atoms with Gasteiger partial charge in [0.1, 0.15) is 29.4 Å². The highest BCUT2D eigenvalue weighted by Gasteiger charge is 2.25. The van der Waals surface area contributed by atoms with Crippen molar-refractivity contribution in [2.24, 2.45) is 0 Å². The van der Waals surface area contributed by atoms with Gasteiger partial charge in [0.25, 0.3) is 0 Å². The van der Waals surface area contributed by atoms with Gasteiger partial charge in [-0.25, -0.2) is 19.0 Å². The number of nitrogen functional groups attached to an aromatic ring is 1. The first-order chi connectivity index (χ1) is 17.0. The number of hydrogen-bond acceptors (Lipinski definition) is 6. The number of aromatic nitrogens is 6. The second kappa shape index (κ2) is 7.91. The Morgan fingerprint density at radius 2 is 1.83 bits per heavy atom. The highest BCUT2D eigenvalue weighted by Crippen LogP contribution is 2.38. The number of anilines is 1. The SMILES string of the molecule is C[C@H](c1cc2ccccn2c1-c1ccncc1)n1nc(-c2cc(O)cc(F)c2)c2c(N)ncnc21. The van der Waals surface area contributed by atoms with Crippen LogP contribution in [0.5, 0.6) is 5.75 Å². The van der Waals surface area contributed by atoms with Gasteiger partial charge in [-0.15, -0.1) is 0 Å². The Kier molecular flexibility index (Phi) is 4.70. The number of nitrogens with zero attached hydrogens (tertiary/aromatic N) is 6. The molecule has 0 amide bonds. The highest BCUT2D eigenvalue weighted by molar-refractivity contribution is 5.98. The van der Waals surface area contributed by atoms with E-state index in [2.05, 4.69) is 25.4 Å². The van der Waals surface area contributed by atoms with Crippen molar-refractivity contribution in [1.29, 1.82) is 0 Å². The van der Waals surface area contributed by atoms with Gasteiger partial charge in [-0.1, -0.05) is 6.07 Å². The summed E-state index contributed by atoms with van der Waals surface area (Å²) in [6.07, 6.45) is 6.93. The summed E-state index contributed by atoms with van der Waals surface area (Å²) in [7, 11) is 0. The monoisotopic (exact) mass is 465 g/mol. The van der Waals surface area contributed by atoms with E-state index in [4.69, 9.17) is 10.8 Å². The zero-order valence-corrected chi connectivity index (χ0v) is 18.7. The van der Waals surface area contributed by atoms with E-state index in [1.54, 1.807) is 17.1 Å². The van der Waals surface area contributed by atoms with Crippen LogP contribution in [0.2, 0.25) is 0 Å². The average molecular weight is 465 g/mol. The molecule has 0 unspecified atom stereocenters. The first kappa shape index (κ1) is 20.8. The number of fused-ring (bicyclic) bond motifs is 2. The molecule has 9 heteroatoms. The van der Waals surface area contributed by atoms with Crippen LogP contribution in [0.25, 0.3) is 39.1 Å². The summed E-state index contributed by atoms with van der Waals surface area (Å²) in [6.45, 7) is 2.02. The van der Waals surface area contributed by atoms with Crippen molar-refractivity contribution in [2.75, 3.05) is 5.73 Å². The number of rotatable bonds is 4. The van der Waals surface area contributed by atoms with Gasteiger partial charge in [0, 0.05) is 46.9 Å². The van der Waals surface area contributed by atoms with E-state index in [1.165, 1.54) is 18.5 Å². The summed E-state index contributed by atoms with van der Waals surface area (Å²) in [5.41, 5.74) is 11.6. The van der Waals surface area contributed by atoms with Crippen LogP contribution in [-0.4, -0.2) is 34.2 Å². The summed E-state index contributed by atoms with van der Waals surface area (Å²) >= 11 is 0. The maximum absolute atomic E-state index is 14.1. The molecular formula is C26H20FN7O. The smallest absolute Gasteiger partial charge is 0.164 e. The quantitative estimate of drug-likeness (QED) is 0.386. The third-order valence-corrected chi connectivity index (χ3v) is 6.15. The van der Waals surface area contributed by atoms with Crippen LogP contribution in [0.1, 0.15) is 18.5 Å². The molecule has 0 fully saturated rings. The summed E-state index contributed by atoms with van der Waals surface area (Å²) in [5.74, 6) is -0.557. The fraction of sp³-hybridized carbons (Fsp3) is 0.0769. The summed E-state index contributed by atoms with van der Waals surface area (Å²) in [5, 5.41) is 15.3. The number of nitrogens with two attached hydrogens (primary N) is 1. The van der Waals surface area contributed by atoms with Gasteiger partial charge >= 0.3 is 0 Å². The molecule has 35 heavy (non-hydrogen) atoms. The molecular weight excluding hydrogens is 445 g/mol.